The van der Waals surface area contributed by atoms with Crippen LogP contribution in [0.4, 0.5) is 0 Å². The highest BCUT2D eigenvalue weighted by molar-refractivity contribution is 5.81. The van der Waals surface area contributed by atoms with Crippen molar-refractivity contribution < 1.29 is 4.79 Å². The number of amides is 1. The Bertz CT molecular complexity index is 347. The lowest BCUT2D eigenvalue weighted by molar-refractivity contribution is -0.128. The van der Waals surface area contributed by atoms with Gasteiger partial charge in [-0.3, -0.25) is 4.79 Å². The number of rotatable bonds is 4. The van der Waals surface area contributed by atoms with Gasteiger partial charge >= 0.3 is 0 Å². The molecule has 0 spiro atoms. The van der Waals surface area contributed by atoms with E-state index in [1.54, 1.807) is 0 Å². The summed E-state index contributed by atoms with van der Waals surface area (Å²) in [5, 5.41) is 2.96. The highest BCUT2D eigenvalue weighted by Crippen LogP contribution is 2.12. The minimum Gasteiger partial charge on any atom is -0.367 e. The average molecular weight is 222 g/mol. The molecule has 0 atom stereocenters. The van der Waals surface area contributed by atoms with Gasteiger partial charge in [-0.15, -0.1) is 0 Å². The molecule has 0 radical (unpaired) electrons. The molecule has 1 amide bonds. The molecule has 0 aliphatic rings. The molecule has 1 aromatic heterocycles. The summed E-state index contributed by atoms with van der Waals surface area (Å²) in [6, 6.07) is 0. The lowest BCUT2D eigenvalue weighted by Crippen LogP contribution is -2.35. The van der Waals surface area contributed by atoms with Gasteiger partial charge in [-0.1, -0.05) is 20.8 Å². The largest absolute Gasteiger partial charge is 0.367 e. The van der Waals surface area contributed by atoms with E-state index in [4.69, 9.17) is 0 Å². The predicted octanol–water partition coefficient (Wildman–Crippen LogP) is 2.42. The molecule has 1 aromatic rings. The van der Waals surface area contributed by atoms with Gasteiger partial charge in [0.1, 0.15) is 0 Å². The first-order valence-corrected chi connectivity index (χ1v) is 5.82. The summed E-state index contributed by atoms with van der Waals surface area (Å²) in [7, 11) is 0. The summed E-state index contributed by atoms with van der Waals surface area (Å²) in [4.78, 5) is 14.7. The normalized spacial score (nSPS) is 11.5. The van der Waals surface area contributed by atoms with Crippen molar-refractivity contribution in [1.82, 2.24) is 10.3 Å². The monoisotopic (exact) mass is 222 g/mol. The number of hydrogen-bond donors (Lipinski definition) is 2. The molecule has 3 heteroatoms. The van der Waals surface area contributed by atoms with Gasteiger partial charge in [0.05, 0.1) is 0 Å². The van der Waals surface area contributed by atoms with Gasteiger partial charge in [-0.05, 0) is 30.9 Å². The third-order valence-electron chi connectivity index (χ3n) is 2.65. The maximum absolute atomic E-state index is 11.6. The maximum atomic E-state index is 11.6. The molecule has 1 rings (SSSR count). The Hall–Kier alpha value is -1.25. The van der Waals surface area contributed by atoms with Crippen LogP contribution in [0.2, 0.25) is 0 Å². The summed E-state index contributed by atoms with van der Waals surface area (Å²) in [5.41, 5.74) is 2.34. The number of aryl methyl sites for hydroxylation is 2. The van der Waals surface area contributed by atoms with E-state index in [1.807, 2.05) is 33.2 Å². The fraction of sp³-hybridized carbons (Fsp3) is 0.615. The van der Waals surface area contributed by atoms with E-state index in [-0.39, 0.29) is 11.3 Å². The molecule has 0 saturated heterocycles. The number of aromatic amines is 1. The number of carbonyl (C=O) groups is 1. The summed E-state index contributed by atoms with van der Waals surface area (Å²) in [6.45, 7) is 8.64. The zero-order valence-corrected chi connectivity index (χ0v) is 10.7. The highest BCUT2D eigenvalue weighted by Gasteiger charge is 2.20. The van der Waals surface area contributed by atoms with Crippen molar-refractivity contribution in [1.29, 1.82) is 0 Å². The van der Waals surface area contributed by atoms with Crippen molar-refractivity contribution in [3.05, 3.63) is 23.5 Å². The Labute approximate surface area is 97.6 Å². The zero-order chi connectivity index (χ0) is 12.2. The Balaban J connectivity index is 2.23. The zero-order valence-electron chi connectivity index (χ0n) is 10.7. The Morgan fingerprint density at radius 2 is 2.06 bits per heavy atom. The smallest absolute Gasteiger partial charge is 0.225 e. The van der Waals surface area contributed by atoms with Gasteiger partial charge in [0.25, 0.3) is 0 Å². The van der Waals surface area contributed by atoms with E-state index in [2.05, 4.69) is 17.2 Å². The van der Waals surface area contributed by atoms with E-state index in [0.29, 0.717) is 0 Å². The SMILES string of the molecule is Cc1c[nH]cc1CCCNC(=O)C(C)(C)C. The quantitative estimate of drug-likeness (QED) is 0.755. The lowest BCUT2D eigenvalue weighted by Gasteiger charge is -2.17. The van der Waals surface area contributed by atoms with Gasteiger partial charge in [0.2, 0.25) is 5.91 Å². The van der Waals surface area contributed by atoms with Crippen LogP contribution < -0.4 is 5.32 Å². The first-order chi connectivity index (χ1) is 7.41. The molecule has 0 unspecified atom stereocenters. The van der Waals surface area contributed by atoms with Gasteiger partial charge in [0, 0.05) is 24.4 Å². The molecular weight excluding hydrogens is 200 g/mol. The Kier molecular flexibility index (Phi) is 4.16. The number of hydrogen-bond acceptors (Lipinski definition) is 1. The summed E-state index contributed by atoms with van der Waals surface area (Å²) in [5.74, 6) is 0.123. The van der Waals surface area contributed by atoms with Gasteiger partial charge in [-0.25, -0.2) is 0 Å². The molecule has 16 heavy (non-hydrogen) atoms. The van der Waals surface area contributed by atoms with Crippen molar-refractivity contribution in [3.8, 4) is 0 Å². The van der Waals surface area contributed by atoms with Crippen LogP contribution in [-0.2, 0) is 11.2 Å². The van der Waals surface area contributed by atoms with Crippen molar-refractivity contribution in [2.24, 2.45) is 5.41 Å². The van der Waals surface area contributed by atoms with Gasteiger partial charge < -0.3 is 10.3 Å². The van der Waals surface area contributed by atoms with Crippen LogP contribution in [0.5, 0.6) is 0 Å². The van der Waals surface area contributed by atoms with Crippen LogP contribution >= 0.6 is 0 Å². The van der Waals surface area contributed by atoms with Gasteiger partial charge in [0.15, 0.2) is 0 Å². The third kappa shape index (κ3) is 3.72. The first kappa shape index (κ1) is 12.8. The van der Waals surface area contributed by atoms with Crippen molar-refractivity contribution in [2.75, 3.05) is 6.54 Å². The van der Waals surface area contributed by atoms with Gasteiger partial charge in [-0.2, -0.15) is 0 Å². The molecule has 0 aliphatic carbocycles. The molecule has 0 bridgehead atoms. The summed E-state index contributed by atoms with van der Waals surface area (Å²) >= 11 is 0. The second-order valence-corrected chi connectivity index (χ2v) is 5.27. The Morgan fingerprint density at radius 3 is 2.56 bits per heavy atom. The Morgan fingerprint density at radius 1 is 1.38 bits per heavy atom. The van der Waals surface area contributed by atoms with Crippen LogP contribution in [0.1, 0.15) is 38.3 Å². The summed E-state index contributed by atoms with van der Waals surface area (Å²) < 4.78 is 0. The van der Waals surface area contributed by atoms with Crippen molar-refractivity contribution in [3.63, 3.8) is 0 Å². The number of carbonyl (C=O) groups excluding carboxylic acids is 1. The molecule has 90 valence electrons. The van der Waals surface area contributed by atoms with Crippen molar-refractivity contribution in [2.45, 2.75) is 40.5 Å². The van der Waals surface area contributed by atoms with Crippen LogP contribution in [0.3, 0.4) is 0 Å². The molecule has 0 fully saturated rings. The topological polar surface area (TPSA) is 44.9 Å². The molecule has 2 N–H and O–H groups in total. The number of nitrogens with one attached hydrogen (secondary N) is 2. The molecule has 0 aliphatic heterocycles. The van der Waals surface area contributed by atoms with E-state index < -0.39 is 0 Å². The molecule has 0 aromatic carbocycles. The second kappa shape index (κ2) is 5.19. The van der Waals surface area contributed by atoms with E-state index in [0.717, 1.165) is 19.4 Å². The van der Waals surface area contributed by atoms with Crippen LogP contribution in [0, 0.1) is 12.3 Å². The van der Waals surface area contributed by atoms with E-state index >= 15 is 0 Å². The summed E-state index contributed by atoms with van der Waals surface area (Å²) in [6.07, 6.45) is 6.03. The minimum atomic E-state index is -0.288. The van der Waals surface area contributed by atoms with Crippen LogP contribution in [0.25, 0.3) is 0 Å². The number of aromatic nitrogens is 1. The predicted molar refractivity (Wildman–Crippen MR) is 66.3 cm³/mol. The highest BCUT2D eigenvalue weighted by atomic mass is 16.2. The van der Waals surface area contributed by atoms with Crippen LogP contribution in [0.15, 0.2) is 12.4 Å². The number of H-pyrrole nitrogens is 1. The lowest BCUT2D eigenvalue weighted by atomic mass is 9.95. The average Bonchev–Trinajstić information content (AvgIpc) is 2.57. The second-order valence-electron chi connectivity index (χ2n) is 5.27. The molecular formula is C13H22N2O. The third-order valence-corrected chi connectivity index (χ3v) is 2.65. The van der Waals surface area contributed by atoms with Crippen molar-refractivity contribution >= 4 is 5.91 Å². The molecule has 1 heterocycles. The fourth-order valence-corrected chi connectivity index (χ4v) is 1.49. The minimum absolute atomic E-state index is 0.123. The standard InChI is InChI=1S/C13H22N2O/c1-10-8-14-9-11(10)6-5-7-15-12(16)13(2,3)4/h8-9,14H,5-7H2,1-4H3,(H,15,16). The van der Waals surface area contributed by atoms with E-state index in [9.17, 15) is 4.79 Å². The maximum Gasteiger partial charge on any atom is 0.225 e. The molecule has 0 saturated carbocycles. The van der Waals surface area contributed by atoms with E-state index in [1.165, 1.54) is 11.1 Å². The van der Waals surface area contributed by atoms with Crippen LogP contribution in [-0.4, -0.2) is 17.4 Å². The molecule has 3 nitrogen and oxygen atoms in total. The first-order valence-electron chi connectivity index (χ1n) is 5.82. The fourth-order valence-electron chi connectivity index (χ4n) is 1.49.